The van der Waals surface area contributed by atoms with Gasteiger partial charge in [0.25, 0.3) is 0 Å². The lowest BCUT2D eigenvalue weighted by atomic mass is 9.79. The molecule has 2 aromatic carbocycles. The second kappa shape index (κ2) is 10.2. The van der Waals surface area contributed by atoms with Crippen molar-refractivity contribution in [3.8, 4) is 5.69 Å². The molecule has 3 aromatic rings. The van der Waals surface area contributed by atoms with Crippen LogP contribution in [0.25, 0.3) is 5.69 Å². The lowest BCUT2D eigenvalue weighted by Gasteiger charge is -2.37. The molecule has 5 rings (SSSR count). The molecule has 0 bridgehead atoms. The Balaban J connectivity index is 1.18. The Labute approximate surface area is 225 Å². The third-order valence-electron chi connectivity index (χ3n) is 8.05. The van der Waals surface area contributed by atoms with Crippen molar-refractivity contribution in [3.05, 3.63) is 65.3 Å². The zero-order valence-electron chi connectivity index (χ0n) is 23.4. The summed E-state index contributed by atoms with van der Waals surface area (Å²) in [6.07, 6.45) is 1.60. The molecule has 38 heavy (non-hydrogen) atoms. The number of anilines is 2. The molecule has 0 aliphatic carbocycles. The maximum absolute atomic E-state index is 12.7. The first-order chi connectivity index (χ1) is 18.0. The van der Waals surface area contributed by atoms with Crippen LogP contribution >= 0.6 is 0 Å². The van der Waals surface area contributed by atoms with E-state index in [0.717, 1.165) is 49.6 Å². The highest BCUT2D eigenvalue weighted by molar-refractivity contribution is 6.62. The smallest absolute Gasteiger partial charge is 0.399 e. The summed E-state index contributed by atoms with van der Waals surface area (Å²) in [6, 6.07) is 16.7. The predicted octanol–water partition coefficient (Wildman–Crippen LogP) is 2.22. The number of rotatable bonds is 7. The van der Waals surface area contributed by atoms with E-state index in [0.29, 0.717) is 6.54 Å². The highest BCUT2D eigenvalue weighted by Gasteiger charge is 2.51. The van der Waals surface area contributed by atoms with E-state index in [1.165, 1.54) is 10.4 Å². The molecular formula is C28H39BN6O3. The Morgan fingerprint density at radius 3 is 1.79 bits per heavy atom. The van der Waals surface area contributed by atoms with Crippen molar-refractivity contribution in [1.82, 2.24) is 19.2 Å². The SMILES string of the molecule is CN(C)CCn1ncn(-c2ccc(N3CCN(c4ccc(B5OC(C)(C)C(C)(C)O5)cc4)CC3)cc2)c1=O. The summed E-state index contributed by atoms with van der Waals surface area (Å²) in [5, 5.41) is 4.26. The average molecular weight is 518 g/mol. The lowest BCUT2D eigenvalue weighted by molar-refractivity contribution is 0.00578. The van der Waals surface area contributed by atoms with Crippen LogP contribution in [-0.4, -0.2) is 84.4 Å². The minimum absolute atomic E-state index is 0.113. The summed E-state index contributed by atoms with van der Waals surface area (Å²) >= 11 is 0. The fourth-order valence-electron chi connectivity index (χ4n) is 4.83. The minimum atomic E-state index is -0.339. The third kappa shape index (κ3) is 5.25. The van der Waals surface area contributed by atoms with Crippen molar-refractivity contribution >= 4 is 24.0 Å². The monoisotopic (exact) mass is 518 g/mol. The molecular weight excluding hydrogens is 479 g/mol. The van der Waals surface area contributed by atoms with Gasteiger partial charge in [-0.2, -0.15) is 5.10 Å². The highest BCUT2D eigenvalue weighted by Crippen LogP contribution is 2.36. The van der Waals surface area contributed by atoms with Gasteiger partial charge >= 0.3 is 12.8 Å². The number of benzene rings is 2. The Kier molecular flexibility index (Phi) is 7.15. The number of piperazine rings is 1. The number of nitrogens with zero attached hydrogens (tertiary/aromatic N) is 6. The normalized spacial score (nSPS) is 19.0. The number of aromatic nitrogens is 3. The number of hydrogen-bond acceptors (Lipinski definition) is 7. The summed E-state index contributed by atoms with van der Waals surface area (Å²) in [7, 11) is 3.63. The van der Waals surface area contributed by atoms with Gasteiger partial charge in [0.15, 0.2) is 0 Å². The van der Waals surface area contributed by atoms with Gasteiger partial charge in [-0.1, -0.05) is 12.1 Å². The molecule has 0 atom stereocenters. The van der Waals surface area contributed by atoms with E-state index < -0.39 is 0 Å². The van der Waals surface area contributed by atoms with Crippen LogP contribution in [0.3, 0.4) is 0 Å². The average Bonchev–Trinajstić information content (AvgIpc) is 3.37. The fourth-order valence-corrected chi connectivity index (χ4v) is 4.83. The molecule has 9 nitrogen and oxygen atoms in total. The molecule has 0 amide bonds. The van der Waals surface area contributed by atoms with Gasteiger partial charge in [-0.25, -0.2) is 14.0 Å². The van der Waals surface area contributed by atoms with Crippen LogP contribution in [0.1, 0.15) is 27.7 Å². The molecule has 0 unspecified atom stereocenters. The molecule has 0 radical (unpaired) electrons. The molecule has 1 aromatic heterocycles. The lowest BCUT2D eigenvalue weighted by Crippen LogP contribution is -2.46. The van der Waals surface area contributed by atoms with Gasteiger partial charge in [0.05, 0.1) is 23.4 Å². The topological polar surface area (TPSA) is 68.0 Å². The fraction of sp³-hybridized carbons (Fsp3) is 0.500. The van der Waals surface area contributed by atoms with Crippen LogP contribution in [0.15, 0.2) is 59.7 Å². The first-order valence-electron chi connectivity index (χ1n) is 13.4. The molecule has 2 saturated heterocycles. The molecule has 0 saturated carbocycles. The minimum Gasteiger partial charge on any atom is -0.399 e. The molecule has 0 N–H and O–H groups in total. The largest absolute Gasteiger partial charge is 0.494 e. The molecule has 3 heterocycles. The van der Waals surface area contributed by atoms with Crippen LogP contribution in [0.2, 0.25) is 0 Å². The van der Waals surface area contributed by atoms with Crippen LogP contribution in [0.5, 0.6) is 0 Å². The van der Waals surface area contributed by atoms with Crippen molar-refractivity contribution in [1.29, 1.82) is 0 Å². The van der Waals surface area contributed by atoms with Gasteiger partial charge in [-0.3, -0.25) is 0 Å². The molecule has 0 spiro atoms. The van der Waals surface area contributed by atoms with Gasteiger partial charge in [-0.05, 0) is 83.7 Å². The van der Waals surface area contributed by atoms with Crippen molar-refractivity contribution in [2.24, 2.45) is 0 Å². The highest BCUT2D eigenvalue weighted by atomic mass is 16.7. The summed E-state index contributed by atoms with van der Waals surface area (Å²) in [5.41, 5.74) is 3.47. The zero-order valence-corrected chi connectivity index (χ0v) is 23.4. The van der Waals surface area contributed by atoms with Crippen molar-refractivity contribution < 1.29 is 9.31 Å². The second-order valence-electron chi connectivity index (χ2n) is 11.5. The van der Waals surface area contributed by atoms with E-state index in [1.54, 1.807) is 10.9 Å². The Hall–Kier alpha value is -3.08. The predicted molar refractivity (Wildman–Crippen MR) is 153 cm³/mol. The van der Waals surface area contributed by atoms with Gasteiger partial charge in [0.1, 0.15) is 6.33 Å². The van der Waals surface area contributed by atoms with E-state index in [2.05, 4.69) is 79.0 Å². The molecule has 2 aliphatic heterocycles. The Morgan fingerprint density at radius 1 is 0.816 bits per heavy atom. The quantitative estimate of drug-likeness (QED) is 0.445. The summed E-state index contributed by atoms with van der Waals surface area (Å²) in [6.45, 7) is 13.4. The number of hydrogen-bond donors (Lipinski definition) is 0. The van der Waals surface area contributed by atoms with Crippen LogP contribution in [0, 0.1) is 0 Å². The summed E-state index contributed by atoms with van der Waals surface area (Å²) < 4.78 is 15.5. The van der Waals surface area contributed by atoms with Crippen molar-refractivity contribution in [2.45, 2.75) is 45.4 Å². The van der Waals surface area contributed by atoms with Crippen molar-refractivity contribution in [3.63, 3.8) is 0 Å². The van der Waals surface area contributed by atoms with Gasteiger partial charge in [0, 0.05) is 44.1 Å². The number of likely N-dealkylation sites (N-methyl/N-ethyl adjacent to an activating group) is 1. The van der Waals surface area contributed by atoms with E-state index in [4.69, 9.17) is 9.31 Å². The Morgan fingerprint density at radius 2 is 1.29 bits per heavy atom. The maximum atomic E-state index is 12.7. The van der Waals surface area contributed by atoms with E-state index in [9.17, 15) is 4.79 Å². The molecule has 10 heteroatoms. The molecule has 2 fully saturated rings. The van der Waals surface area contributed by atoms with E-state index in [1.807, 2.05) is 31.1 Å². The first kappa shape index (κ1) is 26.5. The standard InChI is InChI=1S/C28H39BN6O3/c1-27(2)28(3,4)38-29(37-27)22-7-9-23(10-8-22)32-16-18-33(19-17-32)24-11-13-25(14-12-24)34-21-30-35(26(34)36)20-15-31(5)6/h7-14,21H,15-20H2,1-6H3. The molecule has 202 valence electrons. The first-order valence-corrected chi connectivity index (χ1v) is 13.4. The van der Waals surface area contributed by atoms with Crippen LogP contribution in [-0.2, 0) is 15.9 Å². The zero-order chi connectivity index (χ0) is 27.1. The van der Waals surface area contributed by atoms with Crippen molar-refractivity contribution in [2.75, 3.05) is 56.6 Å². The Bertz CT molecular complexity index is 1280. The van der Waals surface area contributed by atoms with Gasteiger partial charge in [0.2, 0.25) is 0 Å². The van der Waals surface area contributed by atoms with E-state index >= 15 is 0 Å². The van der Waals surface area contributed by atoms with Gasteiger partial charge < -0.3 is 24.0 Å². The van der Waals surface area contributed by atoms with Crippen LogP contribution < -0.4 is 21.0 Å². The molecule has 2 aliphatic rings. The summed E-state index contributed by atoms with van der Waals surface area (Å²) in [4.78, 5) is 19.6. The maximum Gasteiger partial charge on any atom is 0.494 e. The van der Waals surface area contributed by atoms with E-state index in [-0.39, 0.29) is 24.0 Å². The third-order valence-corrected chi connectivity index (χ3v) is 8.05. The van der Waals surface area contributed by atoms with Gasteiger partial charge in [-0.15, -0.1) is 0 Å². The van der Waals surface area contributed by atoms with Crippen LogP contribution in [0.4, 0.5) is 11.4 Å². The summed E-state index contributed by atoms with van der Waals surface area (Å²) in [5.74, 6) is 0. The second-order valence-corrected chi connectivity index (χ2v) is 11.5.